The lowest BCUT2D eigenvalue weighted by Gasteiger charge is -2.19. The third-order valence-corrected chi connectivity index (χ3v) is 0.754. The number of hydrogen-bond donors (Lipinski definition) is 3. The van der Waals surface area contributed by atoms with Crippen LogP contribution in [0.3, 0.4) is 0 Å². The summed E-state index contributed by atoms with van der Waals surface area (Å²) in [5.41, 5.74) is 9.64. The van der Waals surface area contributed by atoms with Crippen molar-refractivity contribution in [2.24, 2.45) is 5.73 Å². The van der Waals surface area contributed by atoms with Gasteiger partial charge in [0.25, 0.3) is 0 Å². The van der Waals surface area contributed by atoms with Gasteiger partial charge in [-0.05, 0) is 6.08 Å². The first-order valence-corrected chi connectivity index (χ1v) is 2.19. The minimum absolute atomic E-state index is 0.199. The van der Waals surface area contributed by atoms with Crippen LogP contribution >= 0.6 is 0 Å². The van der Waals surface area contributed by atoms with E-state index in [0.29, 0.717) is 0 Å². The monoisotopic (exact) mass is 118 g/mol. The highest BCUT2D eigenvalue weighted by Gasteiger charge is 2.06. The lowest BCUT2D eigenvalue weighted by molar-refractivity contribution is -0.0837. The molecular formula is C3H7FN4. The molecule has 1 aliphatic heterocycles. The quantitative estimate of drug-likeness (QED) is 0.357. The second kappa shape index (κ2) is 2.08. The van der Waals surface area contributed by atoms with Crippen LogP contribution in [0.5, 0.6) is 0 Å². The highest BCUT2D eigenvalue weighted by Crippen LogP contribution is 1.86. The Morgan fingerprint density at radius 2 is 2.50 bits per heavy atom. The van der Waals surface area contributed by atoms with Crippen LogP contribution in [0.15, 0.2) is 12.3 Å². The molecule has 0 saturated heterocycles. The summed E-state index contributed by atoms with van der Waals surface area (Å²) in [6, 6.07) is 0. The van der Waals surface area contributed by atoms with Crippen LogP contribution in [0.25, 0.3) is 0 Å². The van der Waals surface area contributed by atoms with Gasteiger partial charge < -0.3 is 5.73 Å². The molecule has 0 amide bonds. The Balaban J connectivity index is 2.42. The topological polar surface area (TPSA) is 53.3 Å². The molecule has 0 aromatic rings. The van der Waals surface area contributed by atoms with E-state index in [1.165, 1.54) is 6.20 Å². The zero-order chi connectivity index (χ0) is 5.98. The molecule has 1 rings (SSSR count). The first kappa shape index (κ1) is 5.49. The molecule has 4 N–H and O–H groups in total. The van der Waals surface area contributed by atoms with Crippen molar-refractivity contribution in [2.45, 2.75) is 6.17 Å². The molecule has 0 aliphatic carbocycles. The van der Waals surface area contributed by atoms with E-state index in [1.807, 2.05) is 0 Å². The van der Waals surface area contributed by atoms with Crippen LogP contribution in [0, 0.1) is 0 Å². The summed E-state index contributed by atoms with van der Waals surface area (Å²) in [4.78, 5) is 0. The molecule has 1 heterocycles. The average Bonchev–Trinajstić information content (AvgIpc) is 1.64. The largest absolute Gasteiger partial charge is 0.311 e. The van der Waals surface area contributed by atoms with Gasteiger partial charge in [-0.25, -0.2) is 0 Å². The number of halogens is 1. The van der Waals surface area contributed by atoms with Gasteiger partial charge in [-0.2, -0.15) is 5.43 Å². The molecule has 0 aromatic heterocycles. The maximum absolute atomic E-state index is 11.9. The molecule has 0 fully saturated rings. The van der Waals surface area contributed by atoms with Crippen LogP contribution in [0.4, 0.5) is 4.48 Å². The molecule has 46 valence electrons. The van der Waals surface area contributed by atoms with Gasteiger partial charge >= 0.3 is 0 Å². The second-order valence-electron chi connectivity index (χ2n) is 1.42. The van der Waals surface area contributed by atoms with E-state index in [0.717, 1.165) is 0 Å². The van der Waals surface area contributed by atoms with Crippen molar-refractivity contribution in [3.8, 4) is 0 Å². The second-order valence-corrected chi connectivity index (χ2v) is 1.42. The van der Waals surface area contributed by atoms with Crippen molar-refractivity contribution >= 4 is 0 Å². The first-order chi connectivity index (χ1) is 3.79. The van der Waals surface area contributed by atoms with Crippen molar-refractivity contribution < 1.29 is 4.48 Å². The molecule has 0 radical (unpaired) electrons. The van der Waals surface area contributed by atoms with Gasteiger partial charge in [0.1, 0.15) is 0 Å². The summed E-state index contributed by atoms with van der Waals surface area (Å²) in [6.07, 6.45) is 2.58. The molecule has 0 saturated carbocycles. The Kier molecular flexibility index (Phi) is 1.43. The standard InChI is InChI=1S/C3H7FN4/c4-8-6-2-1-3(5)7-8/h1-3,6-7H,5H2. The minimum atomic E-state index is -0.429. The zero-order valence-corrected chi connectivity index (χ0v) is 4.13. The van der Waals surface area contributed by atoms with Gasteiger partial charge in [0.15, 0.2) is 0 Å². The molecule has 0 spiro atoms. The van der Waals surface area contributed by atoms with Crippen molar-refractivity contribution in [2.75, 3.05) is 0 Å². The van der Waals surface area contributed by atoms with Crippen molar-refractivity contribution in [1.82, 2.24) is 16.2 Å². The highest BCUT2D eigenvalue weighted by molar-refractivity contribution is 4.88. The Morgan fingerprint density at radius 1 is 1.75 bits per heavy atom. The SMILES string of the molecule is NC1C=CNN(F)N1. The molecule has 1 aliphatic rings. The number of hydrazine groups is 2. The fourth-order valence-corrected chi connectivity index (χ4v) is 0.423. The van der Waals surface area contributed by atoms with Crippen molar-refractivity contribution in [1.29, 1.82) is 0 Å². The van der Waals surface area contributed by atoms with E-state index in [2.05, 4.69) is 10.9 Å². The van der Waals surface area contributed by atoms with Crippen LogP contribution in [0.1, 0.15) is 0 Å². The van der Waals surface area contributed by atoms with E-state index in [1.54, 1.807) is 6.08 Å². The number of nitrogens with one attached hydrogen (secondary N) is 2. The van der Waals surface area contributed by atoms with Gasteiger partial charge in [0, 0.05) is 11.5 Å². The molecule has 0 aromatic carbocycles. The molecule has 1 atom stereocenters. The average molecular weight is 118 g/mol. The lowest BCUT2D eigenvalue weighted by Crippen LogP contribution is -2.51. The number of hydrogen-bond acceptors (Lipinski definition) is 4. The van der Waals surface area contributed by atoms with Crippen LogP contribution in [-0.2, 0) is 0 Å². The van der Waals surface area contributed by atoms with Gasteiger partial charge in [-0.1, -0.05) is 4.48 Å². The van der Waals surface area contributed by atoms with E-state index >= 15 is 0 Å². The molecule has 5 heteroatoms. The minimum Gasteiger partial charge on any atom is -0.311 e. The van der Waals surface area contributed by atoms with Gasteiger partial charge in [0.05, 0.1) is 6.17 Å². The summed E-state index contributed by atoms with van der Waals surface area (Å²) in [5, 5.41) is 0.199. The Hall–Kier alpha value is -0.650. The third kappa shape index (κ3) is 1.16. The smallest absolute Gasteiger partial charge is 0.0931 e. The summed E-state index contributed by atoms with van der Waals surface area (Å²) in [6.45, 7) is 0. The molecule has 8 heavy (non-hydrogen) atoms. The predicted molar refractivity (Wildman–Crippen MR) is 26.3 cm³/mol. The zero-order valence-electron chi connectivity index (χ0n) is 4.13. The fraction of sp³-hybridized carbons (Fsp3) is 0.333. The van der Waals surface area contributed by atoms with E-state index in [4.69, 9.17) is 5.73 Å². The van der Waals surface area contributed by atoms with Gasteiger partial charge in [-0.15, -0.1) is 0 Å². The summed E-state index contributed by atoms with van der Waals surface area (Å²) >= 11 is 0. The number of nitrogens with zero attached hydrogens (tertiary/aromatic N) is 1. The normalized spacial score (nSPS) is 30.0. The van der Waals surface area contributed by atoms with Crippen LogP contribution in [0.2, 0.25) is 0 Å². The molecule has 1 unspecified atom stereocenters. The summed E-state index contributed by atoms with van der Waals surface area (Å²) in [5.74, 6) is 0. The number of nitrogens with two attached hydrogens (primary N) is 1. The van der Waals surface area contributed by atoms with Gasteiger partial charge in [-0.3, -0.25) is 5.43 Å². The van der Waals surface area contributed by atoms with Crippen LogP contribution < -0.4 is 16.6 Å². The molecule has 4 nitrogen and oxygen atoms in total. The first-order valence-electron chi connectivity index (χ1n) is 2.19. The van der Waals surface area contributed by atoms with Crippen molar-refractivity contribution in [3.05, 3.63) is 12.3 Å². The maximum Gasteiger partial charge on any atom is 0.0931 e. The maximum atomic E-state index is 11.9. The highest BCUT2D eigenvalue weighted by atomic mass is 19.2. The van der Waals surface area contributed by atoms with Gasteiger partial charge in [0.2, 0.25) is 0 Å². The Bertz CT molecular complexity index is 103. The Morgan fingerprint density at radius 3 is 2.88 bits per heavy atom. The Labute approximate surface area is 46.0 Å². The van der Waals surface area contributed by atoms with Crippen molar-refractivity contribution in [3.63, 3.8) is 0 Å². The lowest BCUT2D eigenvalue weighted by atomic mass is 10.5. The van der Waals surface area contributed by atoms with E-state index < -0.39 is 6.17 Å². The summed E-state index contributed by atoms with van der Waals surface area (Å²) < 4.78 is 11.9. The third-order valence-electron chi connectivity index (χ3n) is 0.754. The molecule has 0 bridgehead atoms. The fourth-order valence-electron chi connectivity index (χ4n) is 0.423. The van der Waals surface area contributed by atoms with E-state index in [-0.39, 0.29) is 5.34 Å². The van der Waals surface area contributed by atoms with Crippen LogP contribution in [-0.4, -0.2) is 11.5 Å². The predicted octanol–water partition coefficient (Wildman–Crippen LogP) is -1.01. The molecular weight excluding hydrogens is 111 g/mol. The van der Waals surface area contributed by atoms with E-state index in [9.17, 15) is 4.48 Å². The number of rotatable bonds is 0. The summed E-state index contributed by atoms with van der Waals surface area (Å²) in [7, 11) is 0.